The van der Waals surface area contributed by atoms with Gasteiger partial charge in [-0.2, -0.15) is 0 Å². The summed E-state index contributed by atoms with van der Waals surface area (Å²) in [5.74, 6) is -1.98. The first-order valence-electron chi connectivity index (χ1n) is 7.37. The molecule has 7 heteroatoms. The summed E-state index contributed by atoms with van der Waals surface area (Å²) in [6, 6.07) is 16.7. The van der Waals surface area contributed by atoms with Gasteiger partial charge in [-0.1, -0.05) is 52.7 Å². The van der Waals surface area contributed by atoms with Gasteiger partial charge in [0.05, 0.1) is 11.1 Å². The second-order valence-corrected chi connectivity index (χ2v) is 5.27. The summed E-state index contributed by atoms with van der Waals surface area (Å²) in [6.45, 7) is 0. The van der Waals surface area contributed by atoms with Gasteiger partial charge in [0.15, 0.2) is 11.5 Å². The van der Waals surface area contributed by atoms with E-state index in [1.165, 1.54) is 18.2 Å². The van der Waals surface area contributed by atoms with E-state index < -0.39 is 17.8 Å². The highest BCUT2D eigenvalue weighted by Gasteiger charge is 2.39. The van der Waals surface area contributed by atoms with Gasteiger partial charge in [0.1, 0.15) is 0 Å². The lowest BCUT2D eigenvalue weighted by Gasteiger charge is -2.10. The largest absolute Gasteiger partial charge is 0.385 e. The van der Waals surface area contributed by atoms with E-state index in [0.717, 1.165) is 5.56 Å². The molecule has 0 aliphatic carbocycles. The van der Waals surface area contributed by atoms with Crippen molar-refractivity contribution < 1.29 is 23.7 Å². The van der Waals surface area contributed by atoms with Crippen LogP contribution in [0.1, 0.15) is 31.2 Å². The van der Waals surface area contributed by atoms with Gasteiger partial charge in [0, 0.05) is 11.6 Å². The SMILES string of the molecule is O=C(ON1C(=O)c2ccccc2C1=O)c1cc(-c2ccccc2)on1. The number of benzene rings is 2. The molecular weight excluding hydrogens is 324 g/mol. The minimum Gasteiger partial charge on any atom is -0.355 e. The van der Waals surface area contributed by atoms with E-state index in [4.69, 9.17) is 9.36 Å². The van der Waals surface area contributed by atoms with Crippen molar-refractivity contribution in [3.8, 4) is 11.3 Å². The van der Waals surface area contributed by atoms with Crippen LogP contribution in [-0.2, 0) is 4.84 Å². The zero-order valence-electron chi connectivity index (χ0n) is 12.7. The zero-order chi connectivity index (χ0) is 17.4. The summed E-state index contributed by atoms with van der Waals surface area (Å²) in [6.07, 6.45) is 0. The van der Waals surface area contributed by atoms with Crippen molar-refractivity contribution in [3.05, 3.63) is 77.5 Å². The molecule has 7 nitrogen and oxygen atoms in total. The van der Waals surface area contributed by atoms with Crippen LogP contribution in [0.3, 0.4) is 0 Å². The Morgan fingerprint density at radius 1 is 0.920 bits per heavy atom. The zero-order valence-corrected chi connectivity index (χ0v) is 12.7. The highest BCUT2D eigenvalue weighted by Crippen LogP contribution is 2.24. The maximum Gasteiger partial charge on any atom is 0.385 e. The first kappa shape index (κ1) is 14.8. The van der Waals surface area contributed by atoms with Gasteiger partial charge < -0.3 is 9.36 Å². The number of nitrogens with zero attached hydrogens (tertiary/aromatic N) is 2. The first-order valence-corrected chi connectivity index (χ1v) is 7.37. The maximum atomic E-state index is 12.2. The molecule has 1 aliphatic rings. The molecule has 0 N–H and O–H groups in total. The van der Waals surface area contributed by atoms with Crippen LogP contribution in [0.25, 0.3) is 11.3 Å². The summed E-state index contributed by atoms with van der Waals surface area (Å²) in [7, 11) is 0. The fourth-order valence-electron chi connectivity index (χ4n) is 2.49. The standard InChI is InChI=1S/C18H10N2O5/c21-16-12-8-4-5-9-13(12)17(22)20(16)25-18(23)14-10-15(24-19-14)11-6-2-1-3-7-11/h1-10H. The van der Waals surface area contributed by atoms with Crippen LogP contribution in [0.5, 0.6) is 0 Å². The average molecular weight is 334 g/mol. The van der Waals surface area contributed by atoms with E-state index in [-0.39, 0.29) is 16.8 Å². The van der Waals surface area contributed by atoms with Crippen molar-refractivity contribution in [2.24, 2.45) is 0 Å². The Morgan fingerprint density at radius 2 is 1.52 bits per heavy atom. The molecule has 1 aromatic heterocycles. The van der Waals surface area contributed by atoms with Crippen LogP contribution >= 0.6 is 0 Å². The quantitative estimate of drug-likeness (QED) is 0.684. The lowest BCUT2D eigenvalue weighted by Crippen LogP contribution is -2.32. The Labute approximate surface area is 141 Å². The fourth-order valence-corrected chi connectivity index (χ4v) is 2.49. The van der Waals surface area contributed by atoms with Crippen LogP contribution in [0.15, 0.2) is 65.2 Å². The molecule has 3 aromatic rings. The van der Waals surface area contributed by atoms with Crippen LogP contribution in [0, 0.1) is 0 Å². The Morgan fingerprint density at radius 3 is 2.16 bits per heavy atom. The monoisotopic (exact) mass is 334 g/mol. The van der Waals surface area contributed by atoms with Gasteiger partial charge in [-0.05, 0) is 12.1 Å². The highest BCUT2D eigenvalue weighted by molar-refractivity contribution is 6.21. The van der Waals surface area contributed by atoms with E-state index in [1.807, 2.05) is 18.2 Å². The molecule has 0 fully saturated rings. The molecule has 1 aliphatic heterocycles. The minimum atomic E-state index is -0.958. The predicted octanol–water partition coefficient (Wildman–Crippen LogP) is 2.71. The van der Waals surface area contributed by atoms with Crippen molar-refractivity contribution in [1.82, 2.24) is 10.2 Å². The van der Waals surface area contributed by atoms with Gasteiger partial charge in [0.25, 0.3) is 11.8 Å². The van der Waals surface area contributed by atoms with Crippen LogP contribution in [0.4, 0.5) is 0 Å². The third-order valence-corrected chi connectivity index (χ3v) is 3.71. The number of hydrogen-bond acceptors (Lipinski definition) is 6. The molecule has 0 unspecified atom stereocenters. The molecule has 4 rings (SSSR count). The minimum absolute atomic E-state index is 0.143. The Kier molecular flexibility index (Phi) is 3.39. The first-order chi connectivity index (χ1) is 12.1. The normalized spacial score (nSPS) is 13.0. The molecule has 0 spiro atoms. The lowest BCUT2D eigenvalue weighted by molar-refractivity contribution is -0.0590. The summed E-state index contributed by atoms with van der Waals surface area (Å²) in [5.41, 5.74) is 0.959. The molecular formula is C18H10N2O5. The number of hydrogen-bond donors (Lipinski definition) is 0. The number of imide groups is 1. The number of rotatable bonds is 3. The molecule has 2 amide bonds. The molecule has 0 bridgehead atoms. The summed E-state index contributed by atoms with van der Waals surface area (Å²) in [5, 5.41) is 4.07. The van der Waals surface area contributed by atoms with Crippen molar-refractivity contribution in [2.45, 2.75) is 0 Å². The third-order valence-electron chi connectivity index (χ3n) is 3.71. The smallest absolute Gasteiger partial charge is 0.355 e. The highest BCUT2D eigenvalue weighted by atomic mass is 16.7. The molecule has 0 saturated carbocycles. The van der Waals surface area contributed by atoms with Crippen molar-refractivity contribution in [2.75, 3.05) is 0 Å². The fraction of sp³-hybridized carbons (Fsp3) is 0. The van der Waals surface area contributed by atoms with E-state index in [1.54, 1.807) is 24.3 Å². The topological polar surface area (TPSA) is 89.7 Å². The molecule has 2 heterocycles. The second-order valence-electron chi connectivity index (χ2n) is 5.27. The van der Waals surface area contributed by atoms with Gasteiger partial charge in [-0.15, -0.1) is 0 Å². The van der Waals surface area contributed by atoms with Gasteiger partial charge in [-0.25, -0.2) is 4.79 Å². The van der Waals surface area contributed by atoms with Crippen LogP contribution in [-0.4, -0.2) is 28.0 Å². The van der Waals surface area contributed by atoms with Gasteiger partial charge in [-0.3, -0.25) is 9.59 Å². The Hall–Kier alpha value is -3.74. The number of amides is 2. The van der Waals surface area contributed by atoms with E-state index in [9.17, 15) is 14.4 Å². The molecule has 0 radical (unpaired) electrons. The molecule has 122 valence electrons. The average Bonchev–Trinajstić information content (AvgIpc) is 3.23. The van der Waals surface area contributed by atoms with Crippen molar-refractivity contribution >= 4 is 17.8 Å². The molecule has 25 heavy (non-hydrogen) atoms. The van der Waals surface area contributed by atoms with Crippen molar-refractivity contribution in [1.29, 1.82) is 0 Å². The number of carbonyl (C=O) groups is 3. The number of carbonyl (C=O) groups excluding carboxylic acids is 3. The maximum absolute atomic E-state index is 12.2. The van der Waals surface area contributed by atoms with Crippen LogP contribution in [0.2, 0.25) is 0 Å². The Balaban J connectivity index is 1.55. The Bertz CT molecular complexity index is 958. The van der Waals surface area contributed by atoms with Gasteiger partial charge >= 0.3 is 5.97 Å². The van der Waals surface area contributed by atoms with E-state index >= 15 is 0 Å². The summed E-state index contributed by atoms with van der Waals surface area (Å²) >= 11 is 0. The molecule has 0 atom stereocenters. The molecule has 2 aromatic carbocycles. The lowest BCUT2D eigenvalue weighted by atomic mass is 10.1. The van der Waals surface area contributed by atoms with E-state index in [2.05, 4.69) is 5.16 Å². The number of hydroxylamine groups is 2. The van der Waals surface area contributed by atoms with Gasteiger partial charge in [0.2, 0.25) is 0 Å². The summed E-state index contributed by atoms with van der Waals surface area (Å²) < 4.78 is 5.11. The number of aromatic nitrogens is 1. The third kappa shape index (κ3) is 2.47. The summed E-state index contributed by atoms with van der Waals surface area (Å²) in [4.78, 5) is 41.5. The number of fused-ring (bicyclic) bond motifs is 1. The predicted molar refractivity (Wildman–Crippen MR) is 84.3 cm³/mol. The second kappa shape index (κ2) is 5.72. The van der Waals surface area contributed by atoms with Crippen LogP contribution < -0.4 is 0 Å². The van der Waals surface area contributed by atoms with Crippen molar-refractivity contribution in [3.63, 3.8) is 0 Å². The molecule has 0 saturated heterocycles. The van der Waals surface area contributed by atoms with E-state index in [0.29, 0.717) is 10.8 Å².